The topological polar surface area (TPSA) is 81.9 Å². The van der Waals surface area contributed by atoms with Crippen molar-refractivity contribution in [2.75, 3.05) is 13.2 Å². The molecule has 2 rings (SSSR count). The summed E-state index contributed by atoms with van der Waals surface area (Å²) in [6, 6.07) is 1.99. The molecule has 2 aromatic rings. The van der Waals surface area contributed by atoms with Crippen molar-refractivity contribution >= 4 is 5.91 Å². The zero-order valence-electron chi connectivity index (χ0n) is 11.3. The van der Waals surface area contributed by atoms with Crippen LogP contribution in [0.2, 0.25) is 0 Å². The van der Waals surface area contributed by atoms with Gasteiger partial charge in [0.15, 0.2) is 6.61 Å². The molecule has 0 atom stereocenters. The Kier molecular flexibility index (Phi) is 5.05. The van der Waals surface area contributed by atoms with Crippen LogP contribution < -0.4 is 10.1 Å². The molecule has 7 heteroatoms. The van der Waals surface area contributed by atoms with Crippen LogP contribution in [0.1, 0.15) is 12.1 Å². The van der Waals surface area contributed by atoms with Gasteiger partial charge >= 0.3 is 6.01 Å². The Bertz CT molecular complexity index is 541. The number of carbonyl (C=O) groups excluding carboxylic acids is 1. The number of ether oxygens (including phenoxy) is 1. The largest absolute Gasteiger partial charge is 0.453 e. The molecule has 0 saturated carbocycles. The highest BCUT2D eigenvalue weighted by atomic mass is 16.5. The maximum absolute atomic E-state index is 11.6. The third kappa shape index (κ3) is 4.68. The second-order valence-corrected chi connectivity index (χ2v) is 4.27. The molecule has 7 nitrogen and oxygen atoms in total. The van der Waals surface area contributed by atoms with Crippen molar-refractivity contribution in [2.45, 2.75) is 19.9 Å². The zero-order chi connectivity index (χ0) is 14.2. The lowest BCUT2D eigenvalue weighted by molar-refractivity contribution is -0.123. The molecule has 0 aliphatic heterocycles. The Labute approximate surface area is 117 Å². The first-order valence-corrected chi connectivity index (χ1v) is 6.39. The predicted molar refractivity (Wildman–Crippen MR) is 72.1 cm³/mol. The Morgan fingerprint density at radius 2 is 2.35 bits per heavy atom. The standard InChI is InChI=1S/C13H17N5O2/c1-11-3-5-16-13(17-11)20-9-12(19)15-4-2-7-18-8-6-14-10-18/h3,5-6,8,10H,2,4,7,9H2,1H3,(H,15,19). The van der Waals surface area contributed by atoms with Crippen molar-refractivity contribution in [2.24, 2.45) is 0 Å². The lowest BCUT2D eigenvalue weighted by Gasteiger charge is -2.06. The molecule has 1 amide bonds. The molecule has 20 heavy (non-hydrogen) atoms. The van der Waals surface area contributed by atoms with Gasteiger partial charge in [-0.05, 0) is 19.4 Å². The minimum absolute atomic E-state index is 0.0749. The van der Waals surface area contributed by atoms with Gasteiger partial charge in [0.25, 0.3) is 5.91 Å². The lowest BCUT2D eigenvalue weighted by Crippen LogP contribution is -2.30. The molecule has 0 aliphatic carbocycles. The van der Waals surface area contributed by atoms with Crippen LogP contribution in [0.4, 0.5) is 0 Å². The van der Waals surface area contributed by atoms with E-state index in [-0.39, 0.29) is 18.5 Å². The Morgan fingerprint density at radius 1 is 1.45 bits per heavy atom. The van der Waals surface area contributed by atoms with Crippen molar-refractivity contribution in [3.05, 3.63) is 36.7 Å². The number of hydrogen-bond donors (Lipinski definition) is 1. The van der Waals surface area contributed by atoms with Gasteiger partial charge in [-0.1, -0.05) is 0 Å². The third-order valence-corrected chi connectivity index (χ3v) is 2.58. The normalized spacial score (nSPS) is 10.2. The number of nitrogens with one attached hydrogen (secondary N) is 1. The van der Waals surface area contributed by atoms with Crippen molar-refractivity contribution in [1.29, 1.82) is 0 Å². The fourth-order valence-electron chi connectivity index (χ4n) is 1.59. The van der Waals surface area contributed by atoms with Crippen LogP contribution in [0.25, 0.3) is 0 Å². The van der Waals surface area contributed by atoms with Crippen molar-refractivity contribution in [3.63, 3.8) is 0 Å². The van der Waals surface area contributed by atoms with Crippen LogP contribution in [0.5, 0.6) is 6.01 Å². The van der Waals surface area contributed by atoms with Gasteiger partial charge in [-0.15, -0.1) is 0 Å². The molecule has 0 fully saturated rings. The summed E-state index contributed by atoms with van der Waals surface area (Å²) in [5.41, 5.74) is 0.802. The Hall–Kier alpha value is -2.44. The smallest absolute Gasteiger partial charge is 0.317 e. The van der Waals surface area contributed by atoms with Gasteiger partial charge in [-0.25, -0.2) is 15.0 Å². The number of rotatable bonds is 7. The van der Waals surface area contributed by atoms with Crippen molar-refractivity contribution < 1.29 is 9.53 Å². The molecule has 0 saturated heterocycles. The van der Waals surface area contributed by atoms with Crippen LogP contribution in [-0.4, -0.2) is 38.6 Å². The van der Waals surface area contributed by atoms with E-state index in [1.54, 1.807) is 24.8 Å². The zero-order valence-corrected chi connectivity index (χ0v) is 11.3. The number of aryl methyl sites for hydroxylation is 2. The van der Waals surface area contributed by atoms with Crippen LogP contribution in [-0.2, 0) is 11.3 Å². The minimum atomic E-state index is -0.180. The van der Waals surface area contributed by atoms with Gasteiger partial charge in [0, 0.05) is 37.4 Å². The molecular formula is C13H17N5O2. The van der Waals surface area contributed by atoms with E-state index in [4.69, 9.17) is 4.74 Å². The van der Waals surface area contributed by atoms with Crippen LogP contribution >= 0.6 is 0 Å². The molecule has 0 aromatic carbocycles. The summed E-state index contributed by atoms with van der Waals surface area (Å²) in [6.45, 7) is 3.18. The first-order valence-electron chi connectivity index (χ1n) is 6.39. The van der Waals surface area contributed by atoms with E-state index in [2.05, 4.69) is 20.3 Å². The minimum Gasteiger partial charge on any atom is -0.453 e. The SMILES string of the molecule is Cc1ccnc(OCC(=O)NCCCn2ccnc2)n1. The first-order chi connectivity index (χ1) is 9.74. The highest BCUT2D eigenvalue weighted by molar-refractivity contribution is 5.77. The van der Waals surface area contributed by atoms with Gasteiger partial charge < -0.3 is 14.6 Å². The summed E-state index contributed by atoms with van der Waals surface area (Å²) in [5, 5.41) is 2.78. The number of amides is 1. The lowest BCUT2D eigenvalue weighted by atomic mass is 10.4. The molecular weight excluding hydrogens is 258 g/mol. The monoisotopic (exact) mass is 275 g/mol. The summed E-state index contributed by atoms with van der Waals surface area (Å²) < 4.78 is 7.16. The van der Waals surface area contributed by atoms with Crippen LogP contribution in [0.3, 0.4) is 0 Å². The number of carbonyl (C=O) groups is 1. The summed E-state index contributed by atoms with van der Waals surface area (Å²) >= 11 is 0. The second kappa shape index (κ2) is 7.22. The van der Waals surface area contributed by atoms with E-state index in [0.717, 1.165) is 18.7 Å². The molecule has 0 spiro atoms. The number of aromatic nitrogens is 4. The van der Waals surface area contributed by atoms with Crippen molar-refractivity contribution in [1.82, 2.24) is 24.8 Å². The molecule has 2 aromatic heterocycles. The molecule has 0 radical (unpaired) electrons. The van der Waals surface area contributed by atoms with Gasteiger partial charge in [0.2, 0.25) is 0 Å². The van der Waals surface area contributed by atoms with E-state index in [0.29, 0.717) is 6.54 Å². The fourth-order valence-corrected chi connectivity index (χ4v) is 1.59. The Balaban J connectivity index is 1.61. The van der Waals surface area contributed by atoms with Crippen LogP contribution in [0.15, 0.2) is 31.0 Å². The highest BCUT2D eigenvalue weighted by Gasteiger charge is 2.04. The molecule has 0 aliphatic rings. The summed E-state index contributed by atoms with van der Waals surface area (Å²) in [4.78, 5) is 23.5. The fraction of sp³-hybridized carbons (Fsp3) is 0.385. The van der Waals surface area contributed by atoms with E-state index in [1.807, 2.05) is 17.7 Å². The summed E-state index contributed by atoms with van der Waals surface area (Å²) in [6.07, 6.45) is 7.80. The summed E-state index contributed by atoms with van der Waals surface area (Å²) in [7, 11) is 0. The second-order valence-electron chi connectivity index (χ2n) is 4.27. The molecule has 1 N–H and O–H groups in total. The molecule has 2 heterocycles. The average molecular weight is 275 g/mol. The molecule has 0 bridgehead atoms. The summed E-state index contributed by atoms with van der Waals surface area (Å²) in [5.74, 6) is -0.180. The van der Waals surface area contributed by atoms with E-state index >= 15 is 0 Å². The van der Waals surface area contributed by atoms with Gasteiger partial charge in [0.05, 0.1) is 6.33 Å². The van der Waals surface area contributed by atoms with Gasteiger partial charge in [0.1, 0.15) is 0 Å². The van der Waals surface area contributed by atoms with Gasteiger partial charge in [-0.3, -0.25) is 4.79 Å². The van der Waals surface area contributed by atoms with E-state index in [1.165, 1.54) is 0 Å². The quantitative estimate of drug-likeness (QED) is 0.747. The Morgan fingerprint density at radius 3 is 3.10 bits per heavy atom. The van der Waals surface area contributed by atoms with Gasteiger partial charge in [-0.2, -0.15) is 0 Å². The van der Waals surface area contributed by atoms with Crippen molar-refractivity contribution in [3.8, 4) is 6.01 Å². The molecule has 106 valence electrons. The number of imidazole rings is 1. The molecule has 0 unspecified atom stereocenters. The highest BCUT2D eigenvalue weighted by Crippen LogP contribution is 2.01. The maximum Gasteiger partial charge on any atom is 0.317 e. The van der Waals surface area contributed by atoms with E-state index < -0.39 is 0 Å². The third-order valence-electron chi connectivity index (χ3n) is 2.58. The number of nitrogens with zero attached hydrogens (tertiary/aromatic N) is 4. The number of hydrogen-bond acceptors (Lipinski definition) is 5. The average Bonchev–Trinajstić information content (AvgIpc) is 2.95. The van der Waals surface area contributed by atoms with E-state index in [9.17, 15) is 4.79 Å². The first kappa shape index (κ1) is 14.0. The predicted octanol–water partition coefficient (Wildman–Crippen LogP) is 0.567. The maximum atomic E-state index is 11.6. The van der Waals surface area contributed by atoms with Crippen LogP contribution in [0, 0.1) is 6.92 Å².